The molecule has 0 aliphatic carbocycles. The highest BCUT2D eigenvalue weighted by molar-refractivity contribution is 5.92. The van der Waals surface area contributed by atoms with Gasteiger partial charge in [0.05, 0.1) is 12.2 Å². The summed E-state index contributed by atoms with van der Waals surface area (Å²) < 4.78 is 5.11. The molecule has 6 rings (SSSR count). The van der Waals surface area contributed by atoms with Gasteiger partial charge < -0.3 is 20.3 Å². The minimum atomic E-state index is -0.367. The second kappa shape index (κ2) is 16.6. The molecule has 2 saturated heterocycles. The highest BCUT2D eigenvalue weighted by Crippen LogP contribution is 2.25. The fourth-order valence-electron chi connectivity index (χ4n) is 6.63. The number of amides is 2. The maximum Gasteiger partial charge on any atom is 0.338 e. The van der Waals surface area contributed by atoms with Gasteiger partial charge in [-0.05, 0) is 71.8 Å². The van der Waals surface area contributed by atoms with Crippen LogP contribution in [0.15, 0.2) is 103 Å². The van der Waals surface area contributed by atoms with E-state index in [9.17, 15) is 9.59 Å². The van der Waals surface area contributed by atoms with Crippen molar-refractivity contribution in [2.75, 3.05) is 51.2 Å². The van der Waals surface area contributed by atoms with Crippen molar-refractivity contribution in [3.8, 4) is 11.1 Å². The van der Waals surface area contributed by atoms with E-state index in [1.165, 1.54) is 22.3 Å². The molecule has 2 aliphatic rings. The Balaban J connectivity index is 1.12. The van der Waals surface area contributed by atoms with Crippen LogP contribution in [0.25, 0.3) is 11.1 Å². The molecule has 8 heteroatoms. The molecule has 0 unspecified atom stereocenters. The monoisotopic (exact) mass is 645 g/mol. The van der Waals surface area contributed by atoms with Gasteiger partial charge in [-0.1, -0.05) is 78.9 Å². The summed E-state index contributed by atoms with van der Waals surface area (Å²) in [6.07, 6.45) is 1.81. The van der Waals surface area contributed by atoms with E-state index >= 15 is 0 Å². The highest BCUT2D eigenvalue weighted by atomic mass is 16.5. The van der Waals surface area contributed by atoms with Gasteiger partial charge in [0.15, 0.2) is 0 Å². The molecule has 4 aromatic rings. The summed E-state index contributed by atoms with van der Waals surface area (Å²) in [5.41, 5.74) is 7.21. The van der Waals surface area contributed by atoms with Crippen LogP contribution in [0, 0.1) is 0 Å². The Morgan fingerprint density at radius 2 is 1.29 bits per heavy atom. The number of nitrogens with zero attached hydrogens (tertiary/aromatic N) is 3. The Hall–Kier alpha value is -4.50. The molecular formula is C40H47N5O3. The Bertz CT molecular complexity index is 1600. The van der Waals surface area contributed by atoms with E-state index < -0.39 is 0 Å². The number of carbonyl (C=O) groups is 2. The summed E-state index contributed by atoms with van der Waals surface area (Å²) in [6, 6.07) is 34.9. The van der Waals surface area contributed by atoms with Gasteiger partial charge in [0.25, 0.3) is 0 Å². The van der Waals surface area contributed by atoms with E-state index in [4.69, 9.17) is 4.74 Å². The van der Waals surface area contributed by atoms with E-state index in [0.29, 0.717) is 24.4 Å². The zero-order valence-corrected chi connectivity index (χ0v) is 27.9. The molecule has 4 aromatic carbocycles. The third-order valence-electron chi connectivity index (χ3n) is 9.36. The van der Waals surface area contributed by atoms with Crippen molar-refractivity contribution >= 4 is 17.7 Å². The number of rotatable bonds is 11. The lowest BCUT2D eigenvalue weighted by Gasteiger charge is -2.38. The zero-order valence-electron chi connectivity index (χ0n) is 27.9. The molecule has 8 nitrogen and oxygen atoms in total. The number of hydrogen-bond donors (Lipinski definition) is 2. The molecule has 0 atom stereocenters. The van der Waals surface area contributed by atoms with Crippen molar-refractivity contribution in [3.05, 3.63) is 125 Å². The lowest BCUT2D eigenvalue weighted by molar-refractivity contribution is 0.0526. The van der Waals surface area contributed by atoms with Crippen molar-refractivity contribution in [2.24, 2.45) is 0 Å². The largest absolute Gasteiger partial charge is 0.462 e. The van der Waals surface area contributed by atoms with E-state index in [1.54, 1.807) is 31.2 Å². The van der Waals surface area contributed by atoms with Gasteiger partial charge in [-0.3, -0.25) is 9.80 Å². The van der Waals surface area contributed by atoms with Crippen LogP contribution in [0.5, 0.6) is 0 Å². The number of urea groups is 1. The number of piperidine rings is 1. The topological polar surface area (TPSA) is 77.1 Å². The molecule has 48 heavy (non-hydrogen) atoms. The first-order chi connectivity index (χ1) is 23.5. The second-order valence-corrected chi connectivity index (χ2v) is 12.8. The number of hydrogen-bond acceptors (Lipinski definition) is 6. The SMILES string of the molecule is CCOC(=O)c1ccc(NC(=O)N(Cc2ccc(-c3ccc(CN4CCNCC4)cc3)cc2)C2CCN(Cc3ccccc3)CC2)cc1. The summed E-state index contributed by atoms with van der Waals surface area (Å²) in [4.78, 5) is 32.9. The van der Waals surface area contributed by atoms with Gasteiger partial charge in [-0.25, -0.2) is 9.59 Å². The average Bonchev–Trinajstić information content (AvgIpc) is 3.13. The molecule has 0 bridgehead atoms. The summed E-state index contributed by atoms with van der Waals surface area (Å²) in [5, 5.41) is 6.51. The Morgan fingerprint density at radius 1 is 0.729 bits per heavy atom. The molecule has 2 N–H and O–H groups in total. The van der Waals surface area contributed by atoms with E-state index in [0.717, 1.165) is 70.8 Å². The molecule has 2 heterocycles. The van der Waals surface area contributed by atoms with Crippen molar-refractivity contribution in [1.82, 2.24) is 20.0 Å². The van der Waals surface area contributed by atoms with Crippen molar-refractivity contribution < 1.29 is 14.3 Å². The van der Waals surface area contributed by atoms with Crippen LogP contribution in [0.1, 0.15) is 46.8 Å². The minimum absolute atomic E-state index is 0.110. The maximum atomic E-state index is 13.9. The maximum absolute atomic E-state index is 13.9. The van der Waals surface area contributed by atoms with Crippen LogP contribution >= 0.6 is 0 Å². The lowest BCUT2D eigenvalue weighted by atomic mass is 10.00. The lowest BCUT2D eigenvalue weighted by Crippen LogP contribution is -2.48. The molecule has 250 valence electrons. The highest BCUT2D eigenvalue weighted by Gasteiger charge is 2.28. The zero-order chi connectivity index (χ0) is 33.1. The first kappa shape index (κ1) is 33.4. The van der Waals surface area contributed by atoms with E-state index in [2.05, 4.69) is 93.2 Å². The van der Waals surface area contributed by atoms with Crippen LogP contribution in [0.2, 0.25) is 0 Å². The summed E-state index contributed by atoms with van der Waals surface area (Å²) in [7, 11) is 0. The van der Waals surface area contributed by atoms with Gasteiger partial charge in [-0.15, -0.1) is 0 Å². The number of likely N-dealkylation sites (tertiary alicyclic amines) is 1. The summed E-state index contributed by atoms with van der Waals surface area (Å²) >= 11 is 0. The van der Waals surface area contributed by atoms with Gasteiger partial charge >= 0.3 is 12.0 Å². The van der Waals surface area contributed by atoms with E-state index in [1.807, 2.05) is 11.0 Å². The smallest absolute Gasteiger partial charge is 0.338 e. The second-order valence-electron chi connectivity index (χ2n) is 12.8. The number of ether oxygens (including phenoxy) is 1. The predicted octanol–water partition coefficient (Wildman–Crippen LogP) is 6.63. The third kappa shape index (κ3) is 9.10. The van der Waals surface area contributed by atoms with Gasteiger partial charge in [-0.2, -0.15) is 0 Å². The fraction of sp³-hybridized carbons (Fsp3) is 0.350. The van der Waals surface area contributed by atoms with Crippen LogP contribution in [0.4, 0.5) is 10.5 Å². The first-order valence-electron chi connectivity index (χ1n) is 17.3. The van der Waals surface area contributed by atoms with Gasteiger partial charge in [0.1, 0.15) is 0 Å². The fourth-order valence-corrected chi connectivity index (χ4v) is 6.63. The number of nitrogens with one attached hydrogen (secondary N) is 2. The number of benzene rings is 4. The molecule has 0 saturated carbocycles. The number of carbonyl (C=O) groups excluding carboxylic acids is 2. The molecule has 2 amide bonds. The number of esters is 1. The Kier molecular flexibility index (Phi) is 11.5. The minimum Gasteiger partial charge on any atom is -0.462 e. The summed E-state index contributed by atoms with van der Waals surface area (Å²) in [5.74, 6) is -0.367. The molecule has 0 radical (unpaired) electrons. The van der Waals surface area contributed by atoms with Crippen LogP contribution in [-0.2, 0) is 24.4 Å². The van der Waals surface area contributed by atoms with Crippen LogP contribution < -0.4 is 10.6 Å². The molecule has 0 spiro atoms. The quantitative estimate of drug-likeness (QED) is 0.178. The molecule has 2 aliphatic heterocycles. The normalized spacial score (nSPS) is 15.9. The standard InChI is InChI=1S/C40H47N5O3/c1-2-48-39(46)36-16-18-37(19-17-36)42-40(47)45(38-20-24-43(25-21-38)28-31-6-4-3-5-7-31)30-33-10-14-35(15-11-33)34-12-8-32(9-13-34)29-44-26-22-41-23-27-44/h3-19,38,41H,2,20-30H2,1H3,(H,42,47). The Labute approximate surface area is 284 Å². The third-order valence-corrected chi connectivity index (χ3v) is 9.36. The average molecular weight is 646 g/mol. The predicted molar refractivity (Wildman–Crippen MR) is 192 cm³/mol. The number of piperazine rings is 1. The van der Waals surface area contributed by atoms with Crippen LogP contribution in [-0.4, -0.2) is 78.6 Å². The molecule has 0 aromatic heterocycles. The summed E-state index contributed by atoms with van der Waals surface area (Å²) in [6.45, 7) is 10.7. The number of anilines is 1. The molecule has 2 fully saturated rings. The van der Waals surface area contributed by atoms with Crippen molar-refractivity contribution in [2.45, 2.75) is 45.4 Å². The Morgan fingerprint density at radius 3 is 1.90 bits per heavy atom. The van der Waals surface area contributed by atoms with Gasteiger partial charge in [0, 0.05) is 70.6 Å². The first-order valence-corrected chi connectivity index (χ1v) is 17.3. The van der Waals surface area contributed by atoms with E-state index in [-0.39, 0.29) is 18.0 Å². The molecular weight excluding hydrogens is 598 g/mol. The van der Waals surface area contributed by atoms with Gasteiger partial charge in [0.2, 0.25) is 0 Å². The van der Waals surface area contributed by atoms with Crippen molar-refractivity contribution in [1.29, 1.82) is 0 Å². The van der Waals surface area contributed by atoms with Crippen LogP contribution in [0.3, 0.4) is 0 Å². The van der Waals surface area contributed by atoms with Crippen molar-refractivity contribution in [3.63, 3.8) is 0 Å².